The van der Waals surface area contributed by atoms with Gasteiger partial charge in [0.05, 0.1) is 26.2 Å². The zero-order valence-electron chi connectivity index (χ0n) is 14.3. The first-order valence-electron chi connectivity index (χ1n) is 7.62. The molecule has 0 bridgehead atoms. The van der Waals surface area contributed by atoms with Crippen molar-refractivity contribution in [2.45, 2.75) is 6.92 Å². The van der Waals surface area contributed by atoms with E-state index in [1.165, 1.54) is 12.1 Å². The molecule has 0 aliphatic heterocycles. The summed E-state index contributed by atoms with van der Waals surface area (Å²) >= 11 is 12.1. The Morgan fingerprint density at radius 1 is 1.22 bits per heavy atom. The van der Waals surface area contributed by atoms with Crippen LogP contribution in [0.1, 0.15) is 15.9 Å². The molecule has 1 amide bonds. The van der Waals surface area contributed by atoms with Gasteiger partial charge in [-0.3, -0.25) is 14.9 Å². The number of benzene rings is 2. The van der Waals surface area contributed by atoms with Gasteiger partial charge < -0.3 is 15.4 Å². The van der Waals surface area contributed by atoms with E-state index in [1.807, 2.05) is 0 Å². The minimum Gasteiger partial charge on any atom is -0.452 e. The third-order valence-electron chi connectivity index (χ3n) is 3.59. The maximum Gasteiger partial charge on any atom is 0.341 e. The molecule has 0 radical (unpaired) electrons. The number of ether oxygens (including phenoxy) is 1. The van der Waals surface area contributed by atoms with Crippen LogP contribution in [0.25, 0.3) is 0 Å². The van der Waals surface area contributed by atoms with Crippen LogP contribution in [-0.2, 0) is 9.53 Å². The van der Waals surface area contributed by atoms with Gasteiger partial charge >= 0.3 is 5.97 Å². The van der Waals surface area contributed by atoms with E-state index >= 15 is 0 Å². The number of non-ortho nitro benzene ring substituents is 1. The molecule has 0 aliphatic carbocycles. The minimum atomic E-state index is -0.889. The zero-order valence-corrected chi connectivity index (χ0v) is 15.9. The highest BCUT2D eigenvalue weighted by molar-refractivity contribution is 6.40. The monoisotopic (exact) mass is 411 g/mol. The number of nitro groups is 1. The van der Waals surface area contributed by atoms with Gasteiger partial charge in [0.1, 0.15) is 0 Å². The number of rotatable bonds is 6. The number of carbonyl (C=O) groups excluding carboxylic acids is 2. The highest BCUT2D eigenvalue weighted by Crippen LogP contribution is 2.32. The van der Waals surface area contributed by atoms with Crippen molar-refractivity contribution in [1.82, 2.24) is 0 Å². The van der Waals surface area contributed by atoms with Gasteiger partial charge in [-0.2, -0.15) is 0 Å². The molecule has 0 aromatic heterocycles. The van der Waals surface area contributed by atoms with Gasteiger partial charge in [0.25, 0.3) is 11.6 Å². The third kappa shape index (κ3) is 4.87. The van der Waals surface area contributed by atoms with Gasteiger partial charge in [-0.05, 0) is 24.6 Å². The lowest BCUT2D eigenvalue weighted by Crippen LogP contribution is -2.22. The minimum absolute atomic E-state index is 0.0638. The zero-order chi connectivity index (χ0) is 20.1. The van der Waals surface area contributed by atoms with Crippen molar-refractivity contribution < 1.29 is 19.2 Å². The second-order valence-corrected chi connectivity index (χ2v) is 6.20. The molecular formula is C17H15Cl2N3O5. The lowest BCUT2D eigenvalue weighted by molar-refractivity contribution is -0.384. The summed E-state index contributed by atoms with van der Waals surface area (Å²) < 4.78 is 4.95. The first-order chi connectivity index (χ1) is 12.7. The molecule has 2 N–H and O–H groups in total. The second-order valence-electron chi connectivity index (χ2n) is 5.41. The van der Waals surface area contributed by atoms with Crippen molar-refractivity contribution in [2.24, 2.45) is 0 Å². The van der Waals surface area contributed by atoms with Crippen LogP contribution in [0.5, 0.6) is 0 Å². The number of amides is 1. The maximum absolute atomic E-state index is 12.2. The fourth-order valence-corrected chi connectivity index (χ4v) is 2.65. The van der Waals surface area contributed by atoms with Crippen molar-refractivity contribution in [3.63, 3.8) is 0 Å². The van der Waals surface area contributed by atoms with Crippen LogP contribution in [0.15, 0.2) is 30.3 Å². The molecule has 0 unspecified atom stereocenters. The average molecular weight is 412 g/mol. The number of aryl methyl sites for hydroxylation is 1. The summed E-state index contributed by atoms with van der Waals surface area (Å²) in [6, 6.07) is 6.97. The lowest BCUT2D eigenvalue weighted by Gasteiger charge is -2.12. The number of esters is 1. The first-order valence-corrected chi connectivity index (χ1v) is 8.38. The van der Waals surface area contributed by atoms with Gasteiger partial charge in [0, 0.05) is 24.9 Å². The number of nitrogens with zero attached hydrogens (tertiary/aromatic N) is 1. The summed E-state index contributed by atoms with van der Waals surface area (Å²) in [4.78, 5) is 34.5. The molecular weight excluding hydrogens is 397 g/mol. The van der Waals surface area contributed by atoms with Crippen LogP contribution in [0, 0.1) is 17.0 Å². The molecule has 0 saturated carbocycles. The van der Waals surface area contributed by atoms with Crippen molar-refractivity contribution in [3.05, 3.63) is 61.6 Å². The smallest absolute Gasteiger partial charge is 0.341 e. The normalized spacial score (nSPS) is 10.2. The number of carbonyl (C=O) groups is 2. The van der Waals surface area contributed by atoms with Crippen molar-refractivity contribution >= 4 is 52.1 Å². The molecule has 0 saturated heterocycles. The molecule has 0 aliphatic rings. The molecule has 0 spiro atoms. The highest BCUT2D eigenvalue weighted by atomic mass is 35.5. The van der Waals surface area contributed by atoms with Crippen molar-refractivity contribution in [2.75, 3.05) is 24.3 Å². The summed E-state index contributed by atoms with van der Waals surface area (Å²) in [6.45, 7) is 1.13. The Morgan fingerprint density at radius 2 is 1.93 bits per heavy atom. The summed E-state index contributed by atoms with van der Waals surface area (Å²) in [6.07, 6.45) is 0. The summed E-state index contributed by atoms with van der Waals surface area (Å²) in [5, 5.41) is 16.6. The predicted molar refractivity (Wildman–Crippen MR) is 103 cm³/mol. The van der Waals surface area contributed by atoms with Crippen molar-refractivity contribution in [1.29, 1.82) is 0 Å². The Hall–Kier alpha value is -2.84. The van der Waals surface area contributed by atoms with E-state index < -0.39 is 23.4 Å². The molecule has 142 valence electrons. The van der Waals surface area contributed by atoms with Crippen LogP contribution in [-0.4, -0.2) is 30.5 Å². The Bertz CT molecular complexity index is 918. The van der Waals surface area contributed by atoms with Gasteiger partial charge in [-0.25, -0.2) is 4.79 Å². The summed E-state index contributed by atoms with van der Waals surface area (Å²) in [7, 11) is 1.55. The highest BCUT2D eigenvalue weighted by Gasteiger charge is 2.19. The number of halogens is 2. The Kier molecular flexibility index (Phi) is 6.59. The molecule has 2 rings (SSSR count). The number of hydrogen-bond donors (Lipinski definition) is 2. The SMILES string of the molecule is CNc1ccc([N+](=O)[O-])cc1C(=O)OCC(=O)Nc1c(Cl)ccc(C)c1Cl. The van der Waals surface area contributed by atoms with E-state index in [2.05, 4.69) is 10.6 Å². The fourth-order valence-electron chi connectivity index (χ4n) is 2.19. The summed E-state index contributed by atoms with van der Waals surface area (Å²) in [5.74, 6) is -1.55. The van der Waals surface area contributed by atoms with E-state index in [9.17, 15) is 19.7 Å². The quantitative estimate of drug-likeness (QED) is 0.421. The first kappa shape index (κ1) is 20.5. The lowest BCUT2D eigenvalue weighted by atomic mass is 10.1. The molecule has 0 fully saturated rings. The Morgan fingerprint density at radius 3 is 2.56 bits per heavy atom. The third-order valence-corrected chi connectivity index (χ3v) is 4.39. The van der Waals surface area contributed by atoms with E-state index in [-0.39, 0.29) is 27.0 Å². The topological polar surface area (TPSA) is 111 Å². The van der Waals surface area contributed by atoms with Crippen LogP contribution in [0.4, 0.5) is 17.1 Å². The van der Waals surface area contributed by atoms with Gasteiger partial charge in [-0.1, -0.05) is 29.3 Å². The Labute approximate surface area is 164 Å². The largest absolute Gasteiger partial charge is 0.452 e. The van der Waals surface area contributed by atoms with Crippen LogP contribution in [0.3, 0.4) is 0 Å². The molecule has 10 heteroatoms. The summed E-state index contributed by atoms with van der Waals surface area (Å²) in [5.41, 5.74) is 0.917. The molecule has 2 aromatic carbocycles. The van der Waals surface area contributed by atoms with Crippen LogP contribution in [0.2, 0.25) is 10.0 Å². The predicted octanol–water partition coefficient (Wildman–Crippen LogP) is 4.05. The van der Waals surface area contributed by atoms with Crippen molar-refractivity contribution in [3.8, 4) is 0 Å². The number of anilines is 2. The van der Waals surface area contributed by atoms with Gasteiger partial charge in [0.2, 0.25) is 0 Å². The molecule has 27 heavy (non-hydrogen) atoms. The number of hydrogen-bond acceptors (Lipinski definition) is 6. The van der Waals surface area contributed by atoms with E-state index in [0.29, 0.717) is 11.3 Å². The molecule has 0 atom stereocenters. The number of nitrogens with one attached hydrogen (secondary N) is 2. The molecule has 8 nitrogen and oxygen atoms in total. The van der Waals surface area contributed by atoms with Gasteiger partial charge in [-0.15, -0.1) is 0 Å². The van der Waals surface area contributed by atoms with E-state index in [0.717, 1.165) is 6.07 Å². The van der Waals surface area contributed by atoms with E-state index in [4.69, 9.17) is 27.9 Å². The molecule has 0 heterocycles. The average Bonchev–Trinajstić information content (AvgIpc) is 2.65. The molecule has 2 aromatic rings. The standard InChI is InChI=1S/C17H15Cl2N3O5/c1-9-3-5-12(18)16(15(9)19)21-14(23)8-27-17(24)11-7-10(22(25)26)4-6-13(11)20-2/h3-7,20H,8H2,1-2H3,(H,21,23). The van der Waals surface area contributed by atoms with E-state index in [1.54, 1.807) is 26.1 Å². The van der Waals surface area contributed by atoms with Crippen LogP contribution >= 0.6 is 23.2 Å². The Balaban J connectivity index is 2.10. The maximum atomic E-state index is 12.2. The fraction of sp³-hybridized carbons (Fsp3) is 0.176. The second kappa shape index (κ2) is 8.70. The number of nitro benzene ring substituents is 1. The van der Waals surface area contributed by atoms with Gasteiger partial charge in [0.15, 0.2) is 6.61 Å². The van der Waals surface area contributed by atoms with Crippen LogP contribution < -0.4 is 10.6 Å².